The molecule has 0 saturated carbocycles. The van der Waals surface area contributed by atoms with E-state index in [0.29, 0.717) is 38.3 Å². The predicted molar refractivity (Wildman–Crippen MR) is 259 cm³/mol. The molecule has 0 aliphatic heterocycles. The van der Waals surface area contributed by atoms with Crippen LogP contribution in [0.1, 0.15) is 56.2 Å². The average molecular weight is 1520 g/mol. The summed E-state index contributed by atoms with van der Waals surface area (Å²) >= 11 is 12.7. The molecule has 1 amide bonds. The van der Waals surface area contributed by atoms with Gasteiger partial charge in [0.1, 0.15) is 11.6 Å². The Morgan fingerprint density at radius 1 is 0.852 bits per heavy atom. The van der Waals surface area contributed by atoms with Crippen molar-refractivity contribution in [2.45, 2.75) is 59.8 Å². The smallest absolute Gasteiger partial charge is 0 e. The predicted octanol–water partition coefficient (Wildman–Crippen LogP) is 10.00. The molecular weight excluding hydrogens is 1470 g/mol. The maximum absolute atomic E-state index is 11.9. The number of rotatable bonds is 8. The number of fused-ring (bicyclic) bond motifs is 2. The molecule has 289 valence electrons. The molecule has 2 heterocycles. The van der Waals surface area contributed by atoms with Crippen molar-refractivity contribution >= 4 is 137 Å². The summed E-state index contributed by atoms with van der Waals surface area (Å²) in [7, 11) is 4.04. The van der Waals surface area contributed by atoms with Gasteiger partial charge in [-0.1, -0.05) is 62.9 Å². The molecule has 0 unspecified atom stereocenters. The number of halogens is 6. The van der Waals surface area contributed by atoms with Gasteiger partial charge in [-0.3, -0.25) is 9.59 Å². The summed E-state index contributed by atoms with van der Waals surface area (Å²) < 4.78 is 4.13. The van der Waals surface area contributed by atoms with Gasteiger partial charge in [0.2, 0.25) is 5.91 Å². The molecule has 6 rings (SSSR count). The molecule has 54 heavy (non-hydrogen) atoms. The Balaban J connectivity index is 0.000000398. The van der Waals surface area contributed by atoms with E-state index in [-0.39, 0.29) is 43.5 Å². The number of benzene rings is 4. The number of para-hydroxylation sites is 4. The van der Waals surface area contributed by atoms with Gasteiger partial charge < -0.3 is 14.5 Å². The summed E-state index contributed by atoms with van der Waals surface area (Å²) in [6.07, 6.45) is 5.39. The van der Waals surface area contributed by atoms with Crippen LogP contribution in [-0.4, -0.2) is 30.8 Å². The van der Waals surface area contributed by atoms with Crippen molar-refractivity contribution in [3.63, 3.8) is 0 Å². The maximum Gasteiger partial charge on any atom is 0 e. The fourth-order valence-electron chi connectivity index (χ4n) is 5.19. The van der Waals surface area contributed by atoms with Crippen LogP contribution in [0.5, 0.6) is 0 Å². The number of aromatic nitrogens is 4. The third kappa shape index (κ3) is 19.4. The van der Waals surface area contributed by atoms with Gasteiger partial charge in [-0.25, -0.2) is 9.97 Å². The van der Waals surface area contributed by atoms with Crippen LogP contribution in [0.4, 0.5) is 5.69 Å². The van der Waals surface area contributed by atoms with Gasteiger partial charge in [0, 0.05) is 71.6 Å². The Morgan fingerprint density at radius 2 is 1.44 bits per heavy atom. The number of nitrogens with one attached hydrogen (secondary N) is 1. The Bertz CT molecular complexity index is 2020. The van der Waals surface area contributed by atoms with E-state index in [1.54, 1.807) is 6.07 Å². The summed E-state index contributed by atoms with van der Waals surface area (Å²) in [6, 6.07) is 31.0. The van der Waals surface area contributed by atoms with E-state index in [1.807, 2.05) is 94.3 Å². The summed E-state index contributed by atoms with van der Waals surface area (Å²) in [5.41, 5.74) is 9.67. The van der Waals surface area contributed by atoms with Gasteiger partial charge in [0.15, 0.2) is 0 Å². The number of carbonyl (C=O) groups excluding carboxylic acids is 2. The minimum Gasteiger partial charge on any atom is 0 e. The number of Topliss-reactive ketones (excluding diaryl/α,β-unsaturated/α-hetero) is 1. The molecule has 0 aliphatic carbocycles. The van der Waals surface area contributed by atoms with Gasteiger partial charge in [-0.15, -0.1) is 11.6 Å². The number of amides is 1. The molecule has 15 heteroatoms. The van der Waals surface area contributed by atoms with Gasteiger partial charge in [0.05, 0.1) is 28.4 Å². The SMILES string of the molecule is CCCC(=O)Cc1ccc(-c2nc3ccccc3n2C)cc1C.CCCC(=O)Nc1cc[c-]cc1C.Cn1cnc2ccccc21.I[I-]I.[I][V]([I])[I].[Y]. The number of nitrogens with zero attached hydrogens (tertiary/aromatic N) is 4. The number of hydrogen-bond donors (Lipinski definition) is 1. The molecule has 0 spiro atoms. The first-order chi connectivity index (χ1) is 25.4. The summed E-state index contributed by atoms with van der Waals surface area (Å²) in [4.78, 5) is 31.8. The molecule has 0 bridgehead atoms. The zero-order valence-corrected chi connectivity index (χ0v) is 48.3. The van der Waals surface area contributed by atoms with E-state index in [9.17, 15) is 9.59 Å². The number of hydrogen-bond acceptors (Lipinski definition) is 4. The zero-order chi connectivity index (χ0) is 39.3. The average Bonchev–Trinajstić information content (AvgIpc) is 3.67. The monoisotopic (exact) mass is 1520 g/mol. The van der Waals surface area contributed by atoms with E-state index in [4.69, 9.17) is 4.98 Å². The number of imidazole rings is 2. The topological polar surface area (TPSA) is 81.8 Å². The van der Waals surface area contributed by atoms with Crippen LogP contribution in [0.2, 0.25) is 0 Å². The van der Waals surface area contributed by atoms with Crippen molar-refractivity contribution in [2.24, 2.45) is 14.1 Å². The quantitative estimate of drug-likeness (QED) is 0.122. The largest absolute Gasteiger partial charge is 0 e. The van der Waals surface area contributed by atoms with E-state index in [1.165, 1.54) is 5.52 Å². The van der Waals surface area contributed by atoms with Crippen LogP contribution < -0.4 is 18.6 Å². The van der Waals surface area contributed by atoms with E-state index >= 15 is 0 Å². The van der Waals surface area contributed by atoms with Crippen LogP contribution in [0, 0.1) is 19.9 Å². The summed E-state index contributed by atoms with van der Waals surface area (Å²) in [5, 5.41) is 2.85. The summed E-state index contributed by atoms with van der Waals surface area (Å²) in [5.74, 6) is 1.35. The number of carbonyl (C=O) groups is 2. The second kappa shape index (κ2) is 30.1. The first kappa shape index (κ1) is 53.0. The van der Waals surface area contributed by atoms with Crippen LogP contribution in [0.25, 0.3) is 33.5 Å². The van der Waals surface area contributed by atoms with E-state index in [2.05, 4.69) is 155 Å². The third-order valence-corrected chi connectivity index (χ3v) is 7.76. The van der Waals surface area contributed by atoms with Crippen molar-refractivity contribution in [1.29, 1.82) is 0 Å². The maximum atomic E-state index is 11.9. The van der Waals surface area contributed by atoms with Crippen molar-refractivity contribution < 1.29 is 60.5 Å². The minimum absolute atomic E-state index is 0. The molecule has 6 aromatic rings. The fraction of sp³-hybridized carbons (Fsp3) is 0.282. The number of ketones is 1. The molecule has 0 atom stereocenters. The molecule has 1 radical (unpaired) electrons. The van der Waals surface area contributed by atoms with Crippen LogP contribution in [0.3, 0.4) is 0 Å². The standard InChI is InChI=1S/C20H22N2O.C11H14NO.C8H8N2.I3.3HI.V.Y/c1-4-7-17(23)13-15-10-11-16(12-14(15)2)20-21-18-8-5-6-9-19(18)22(20)3;1-3-6-11(13)12-10-8-5-4-7-9(10)2;1-10-6-9-7-4-2-3-5-8(7)10;1-3-2;;;;;/h5-6,8-12H,4,7,13H2,1-3H3;5,7-8H,3,6H2,1-2H3,(H,12,13);2-6H,1H3;;3*1H;;/q;-1;;-1;;;;+3;/p-3. The van der Waals surface area contributed by atoms with E-state index < -0.39 is 0 Å². The van der Waals surface area contributed by atoms with Gasteiger partial charge in [-0.05, 0) is 61.2 Å². The summed E-state index contributed by atoms with van der Waals surface area (Å²) in [6.45, 7) is 8.06. The van der Waals surface area contributed by atoms with Crippen molar-refractivity contribution in [3.8, 4) is 11.4 Å². The zero-order valence-electron chi connectivity index (χ0n) is 31.1. The first-order valence-electron chi connectivity index (χ1n) is 16.7. The fourth-order valence-corrected chi connectivity index (χ4v) is 5.19. The second-order valence-electron chi connectivity index (χ2n) is 11.7. The van der Waals surface area contributed by atoms with Crippen LogP contribution >= 0.6 is 97.2 Å². The Labute approximate surface area is 413 Å². The number of anilines is 1. The Morgan fingerprint density at radius 3 is 2.00 bits per heavy atom. The minimum atomic E-state index is -0.278. The normalized spacial score (nSPS) is 10.1. The van der Waals surface area contributed by atoms with Crippen molar-refractivity contribution in [3.05, 3.63) is 114 Å². The molecule has 0 saturated heterocycles. The first-order valence-corrected chi connectivity index (χ1v) is 42.8. The Hall–Kier alpha value is 1.03. The van der Waals surface area contributed by atoms with Gasteiger partial charge in [-0.2, -0.15) is 18.2 Å². The molecule has 0 aliphatic rings. The molecule has 0 fully saturated rings. The van der Waals surface area contributed by atoms with Crippen molar-refractivity contribution in [1.82, 2.24) is 19.1 Å². The van der Waals surface area contributed by atoms with Gasteiger partial charge in [0.25, 0.3) is 0 Å². The Kier molecular flexibility index (Phi) is 29.6. The molecule has 4 aromatic carbocycles. The molecule has 1 N–H and O–H groups in total. The van der Waals surface area contributed by atoms with Crippen molar-refractivity contribution in [2.75, 3.05) is 5.32 Å². The molecular formula is C39H44I6N5O2VY-2. The van der Waals surface area contributed by atoms with E-state index in [0.717, 1.165) is 63.2 Å². The number of aryl methyl sites for hydroxylation is 4. The molecule has 7 nitrogen and oxygen atoms in total. The molecule has 2 aromatic heterocycles. The second-order valence-corrected chi connectivity index (χ2v) is 63.3. The third-order valence-electron chi connectivity index (χ3n) is 7.76. The van der Waals surface area contributed by atoms with Crippen LogP contribution in [-0.2, 0) is 67.7 Å². The van der Waals surface area contributed by atoms with Crippen LogP contribution in [0.15, 0.2) is 91.3 Å². The van der Waals surface area contributed by atoms with Gasteiger partial charge >= 0.3 is 115 Å².